The van der Waals surface area contributed by atoms with Crippen LogP contribution in [0, 0.1) is 0 Å². The Morgan fingerprint density at radius 1 is 0.643 bits per heavy atom. The minimum absolute atomic E-state index is 1.01. The van der Waals surface area contributed by atoms with Crippen molar-refractivity contribution in [2.45, 2.75) is 13.8 Å². The standard InChI is InChI=1S/C12H28N2/c1-11(9-13(3,4)5)12(2)10-14(6,7)8/h9-10H2,1-8H3/q+2/b12-11-. The van der Waals surface area contributed by atoms with Crippen LogP contribution in [0.25, 0.3) is 0 Å². The van der Waals surface area contributed by atoms with E-state index in [4.69, 9.17) is 0 Å². The van der Waals surface area contributed by atoms with Crippen molar-refractivity contribution in [1.82, 2.24) is 0 Å². The largest absolute Gasteiger partial charge is 0.327 e. The molecule has 0 aliphatic heterocycles. The van der Waals surface area contributed by atoms with E-state index in [1.54, 1.807) is 0 Å². The lowest BCUT2D eigenvalue weighted by atomic mass is 10.1. The Balaban J connectivity index is 4.45. The van der Waals surface area contributed by atoms with Crippen LogP contribution in [-0.4, -0.2) is 64.3 Å². The van der Waals surface area contributed by atoms with Gasteiger partial charge in [-0.15, -0.1) is 0 Å². The second-order valence-electron chi connectivity index (χ2n) is 6.46. The normalized spacial score (nSPS) is 15.4. The molecule has 0 aromatic heterocycles. The van der Waals surface area contributed by atoms with Gasteiger partial charge >= 0.3 is 0 Å². The number of nitrogens with zero attached hydrogens (tertiary/aromatic N) is 2. The summed E-state index contributed by atoms with van der Waals surface area (Å²) in [6.45, 7) is 6.81. The molecule has 0 N–H and O–H groups in total. The molecule has 0 aromatic rings. The van der Waals surface area contributed by atoms with Crippen LogP contribution in [0.15, 0.2) is 11.1 Å². The molecule has 0 aliphatic carbocycles. The van der Waals surface area contributed by atoms with Crippen molar-refractivity contribution < 1.29 is 8.97 Å². The predicted octanol–water partition coefficient (Wildman–Crippen LogP) is 1.74. The molecular formula is C12H28N2+2. The minimum Gasteiger partial charge on any atom is -0.327 e. The van der Waals surface area contributed by atoms with Crippen LogP contribution in [0.3, 0.4) is 0 Å². The van der Waals surface area contributed by atoms with E-state index < -0.39 is 0 Å². The van der Waals surface area contributed by atoms with Crippen LogP contribution in [0.1, 0.15) is 13.8 Å². The Kier molecular flexibility index (Phi) is 4.34. The molecule has 0 saturated heterocycles. The van der Waals surface area contributed by atoms with Gasteiger partial charge in [-0.2, -0.15) is 0 Å². The Morgan fingerprint density at radius 2 is 0.857 bits per heavy atom. The molecule has 0 bridgehead atoms. The second-order valence-corrected chi connectivity index (χ2v) is 6.46. The van der Waals surface area contributed by atoms with E-state index in [-0.39, 0.29) is 0 Å². The summed E-state index contributed by atoms with van der Waals surface area (Å²) in [5.41, 5.74) is 3.07. The van der Waals surface area contributed by atoms with E-state index in [1.165, 1.54) is 11.1 Å². The molecule has 0 amide bonds. The Morgan fingerprint density at radius 3 is 1.00 bits per heavy atom. The monoisotopic (exact) mass is 200 g/mol. The molecule has 0 fully saturated rings. The molecule has 0 unspecified atom stereocenters. The first-order valence-electron chi connectivity index (χ1n) is 5.27. The fraction of sp³-hybridized carbons (Fsp3) is 0.833. The van der Waals surface area contributed by atoms with Crippen molar-refractivity contribution in [2.24, 2.45) is 0 Å². The fourth-order valence-electron chi connectivity index (χ4n) is 1.69. The van der Waals surface area contributed by atoms with E-state index in [2.05, 4.69) is 56.1 Å². The maximum absolute atomic E-state index is 2.26. The summed E-state index contributed by atoms with van der Waals surface area (Å²) in [6, 6.07) is 0. The van der Waals surface area contributed by atoms with Gasteiger partial charge in [-0.3, -0.25) is 0 Å². The highest BCUT2D eigenvalue weighted by Gasteiger charge is 2.14. The highest BCUT2D eigenvalue weighted by Crippen LogP contribution is 2.10. The van der Waals surface area contributed by atoms with Gasteiger partial charge in [-0.05, 0) is 25.0 Å². The number of quaternary nitrogens is 2. The molecule has 84 valence electrons. The summed E-state index contributed by atoms with van der Waals surface area (Å²) < 4.78 is 2.03. The average molecular weight is 200 g/mol. The lowest BCUT2D eigenvalue weighted by molar-refractivity contribution is -0.868. The van der Waals surface area contributed by atoms with Crippen molar-refractivity contribution in [3.8, 4) is 0 Å². The molecular weight excluding hydrogens is 172 g/mol. The van der Waals surface area contributed by atoms with Crippen molar-refractivity contribution in [3.05, 3.63) is 11.1 Å². The molecule has 0 spiro atoms. The van der Waals surface area contributed by atoms with E-state index in [1.807, 2.05) is 0 Å². The van der Waals surface area contributed by atoms with Gasteiger partial charge in [0.15, 0.2) is 0 Å². The molecule has 0 rings (SSSR count). The van der Waals surface area contributed by atoms with Crippen molar-refractivity contribution in [3.63, 3.8) is 0 Å². The summed E-state index contributed by atoms with van der Waals surface area (Å²) >= 11 is 0. The lowest BCUT2D eigenvalue weighted by Gasteiger charge is -2.28. The zero-order chi connectivity index (χ0) is 11.6. The molecule has 0 radical (unpaired) electrons. The van der Waals surface area contributed by atoms with Crippen LogP contribution in [0.4, 0.5) is 0 Å². The zero-order valence-electron chi connectivity index (χ0n) is 11.3. The highest BCUT2D eigenvalue weighted by atomic mass is 15.3. The number of rotatable bonds is 4. The quantitative estimate of drug-likeness (QED) is 0.479. The van der Waals surface area contributed by atoms with Gasteiger partial charge in [0.2, 0.25) is 0 Å². The van der Waals surface area contributed by atoms with E-state index >= 15 is 0 Å². The van der Waals surface area contributed by atoms with E-state index in [0.717, 1.165) is 22.1 Å². The number of hydrogen-bond donors (Lipinski definition) is 0. The van der Waals surface area contributed by atoms with Crippen LogP contribution in [0.5, 0.6) is 0 Å². The van der Waals surface area contributed by atoms with Crippen LogP contribution < -0.4 is 0 Å². The number of hydrogen-bond acceptors (Lipinski definition) is 0. The molecule has 0 aliphatic rings. The van der Waals surface area contributed by atoms with Gasteiger partial charge in [-0.25, -0.2) is 0 Å². The van der Waals surface area contributed by atoms with Gasteiger partial charge < -0.3 is 8.97 Å². The minimum atomic E-state index is 1.01. The highest BCUT2D eigenvalue weighted by molar-refractivity contribution is 5.10. The van der Waals surface area contributed by atoms with Gasteiger partial charge in [0, 0.05) is 0 Å². The predicted molar refractivity (Wildman–Crippen MR) is 64.2 cm³/mol. The van der Waals surface area contributed by atoms with Crippen LogP contribution in [0.2, 0.25) is 0 Å². The molecule has 0 atom stereocenters. The number of likely N-dealkylation sites (N-methyl/N-ethyl adjacent to an activating group) is 2. The SMILES string of the molecule is C/C(C[N+](C)(C)C)=C(\C)C[N+](C)(C)C. The third-order valence-corrected chi connectivity index (χ3v) is 2.15. The zero-order valence-corrected chi connectivity index (χ0v) is 11.3. The Hall–Kier alpha value is -0.340. The first kappa shape index (κ1) is 13.7. The van der Waals surface area contributed by atoms with Crippen molar-refractivity contribution in [2.75, 3.05) is 55.4 Å². The second kappa shape index (κ2) is 4.45. The summed E-state index contributed by atoms with van der Waals surface area (Å²) in [6.07, 6.45) is 0. The lowest BCUT2D eigenvalue weighted by Crippen LogP contribution is -2.39. The van der Waals surface area contributed by atoms with Gasteiger partial charge in [0.05, 0.1) is 55.4 Å². The maximum atomic E-state index is 2.26. The van der Waals surface area contributed by atoms with Gasteiger partial charge in [0.1, 0.15) is 0 Å². The third-order valence-electron chi connectivity index (χ3n) is 2.15. The fourth-order valence-corrected chi connectivity index (χ4v) is 1.69. The molecule has 14 heavy (non-hydrogen) atoms. The summed E-state index contributed by atoms with van der Waals surface area (Å²) in [5.74, 6) is 0. The van der Waals surface area contributed by atoms with Crippen LogP contribution in [-0.2, 0) is 0 Å². The summed E-state index contributed by atoms with van der Waals surface area (Å²) in [4.78, 5) is 0. The van der Waals surface area contributed by atoms with E-state index in [0.29, 0.717) is 0 Å². The van der Waals surface area contributed by atoms with Gasteiger partial charge in [0.25, 0.3) is 0 Å². The first-order valence-corrected chi connectivity index (χ1v) is 5.27. The van der Waals surface area contributed by atoms with Crippen molar-refractivity contribution >= 4 is 0 Å². The van der Waals surface area contributed by atoms with E-state index in [9.17, 15) is 0 Å². The smallest absolute Gasteiger partial charge is 0.0999 e. The third kappa shape index (κ3) is 7.10. The molecule has 2 heteroatoms. The topological polar surface area (TPSA) is 0 Å². The first-order chi connectivity index (χ1) is 6.01. The molecule has 2 nitrogen and oxygen atoms in total. The summed E-state index contributed by atoms with van der Waals surface area (Å²) in [5, 5.41) is 0. The molecule has 0 saturated carbocycles. The average Bonchev–Trinajstić information content (AvgIpc) is 1.78. The van der Waals surface area contributed by atoms with Gasteiger partial charge in [-0.1, -0.05) is 0 Å². The summed E-state index contributed by atoms with van der Waals surface area (Å²) in [7, 11) is 13.4. The Bertz CT molecular complexity index is 189. The van der Waals surface area contributed by atoms with Crippen LogP contribution >= 0.6 is 0 Å². The molecule has 0 heterocycles. The van der Waals surface area contributed by atoms with Crippen molar-refractivity contribution in [1.29, 1.82) is 0 Å². The Labute approximate surface area is 90.0 Å². The molecule has 0 aromatic carbocycles. The maximum Gasteiger partial charge on any atom is 0.0999 e.